The second kappa shape index (κ2) is 6.83. The van der Waals surface area contributed by atoms with Crippen LogP contribution < -0.4 is 0 Å². The number of carbonyl (C=O) groups is 1. The molecule has 0 saturated carbocycles. The Morgan fingerprint density at radius 1 is 1.50 bits per heavy atom. The predicted octanol–water partition coefficient (Wildman–Crippen LogP) is 0.0212. The lowest BCUT2D eigenvalue weighted by Gasteiger charge is -2.32. The van der Waals surface area contributed by atoms with Gasteiger partial charge < -0.3 is 19.5 Å². The Bertz CT molecular complexity index is 214. The zero-order chi connectivity index (χ0) is 12.0. The normalized spacial score (nSPS) is 21.1. The maximum atomic E-state index is 12.1. The second-order valence-corrected chi connectivity index (χ2v) is 4.14. The van der Waals surface area contributed by atoms with E-state index in [9.17, 15) is 4.79 Å². The van der Waals surface area contributed by atoms with Gasteiger partial charge in [0.25, 0.3) is 5.91 Å². The van der Waals surface area contributed by atoms with E-state index in [0.29, 0.717) is 32.8 Å². The summed E-state index contributed by atoms with van der Waals surface area (Å²) in [5.41, 5.74) is 0. The molecule has 0 aliphatic carbocycles. The van der Waals surface area contributed by atoms with E-state index in [4.69, 9.17) is 14.6 Å². The van der Waals surface area contributed by atoms with Gasteiger partial charge in [0, 0.05) is 19.2 Å². The first kappa shape index (κ1) is 13.4. The van der Waals surface area contributed by atoms with E-state index in [2.05, 4.69) is 0 Å². The van der Waals surface area contributed by atoms with Crippen molar-refractivity contribution >= 4 is 5.91 Å². The van der Waals surface area contributed by atoms with Crippen LogP contribution in [0.25, 0.3) is 0 Å². The highest BCUT2D eigenvalue weighted by atomic mass is 16.6. The van der Waals surface area contributed by atoms with E-state index in [1.165, 1.54) is 0 Å². The smallest absolute Gasteiger partial charge is 0.254 e. The molecule has 1 N–H and O–H groups in total. The topological polar surface area (TPSA) is 59.0 Å². The number of nitrogens with zero attached hydrogens (tertiary/aromatic N) is 1. The lowest BCUT2D eigenvalue weighted by atomic mass is 10.2. The minimum absolute atomic E-state index is 0.0387. The molecule has 94 valence electrons. The highest BCUT2D eigenvalue weighted by Crippen LogP contribution is 2.09. The van der Waals surface area contributed by atoms with Crippen molar-refractivity contribution in [1.82, 2.24) is 4.90 Å². The number of carbonyl (C=O) groups excluding carboxylic acids is 1. The summed E-state index contributed by atoms with van der Waals surface area (Å²) in [7, 11) is 0. The van der Waals surface area contributed by atoms with Crippen molar-refractivity contribution in [2.75, 3.05) is 33.0 Å². The summed E-state index contributed by atoms with van der Waals surface area (Å²) in [6.07, 6.45) is 0.118. The molecule has 0 spiro atoms. The van der Waals surface area contributed by atoms with E-state index < -0.39 is 6.10 Å². The molecule has 0 aromatic heterocycles. The maximum Gasteiger partial charge on any atom is 0.254 e. The van der Waals surface area contributed by atoms with Crippen LogP contribution in [0.2, 0.25) is 0 Å². The molecule has 0 bridgehead atoms. The molecule has 16 heavy (non-hydrogen) atoms. The zero-order valence-corrected chi connectivity index (χ0v) is 10.0. The third-order valence-corrected chi connectivity index (χ3v) is 2.55. The molecule has 5 heteroatoms. The monoisotopic (exact) mass is 231 g/mol. The Morgan fingerprint density at radius 3 is 2.75 bits per heavy atom. The van der Waals surface area contributed by atoms with Crippen LogP contribution in [0.5, 0.6) is 0 Å². The van der Waals surface area contributed by atoms with E-state index in [-0.39, 0.29) is 18.6 Å². The van der Waals surface area contributed by atoms with Gasteiger partial charge >= 0.3 is 0 Å². The number of hydrogen-bond donors (Lipinski definition) is 1. The van der Waals surface area contributed by atoms with Gasteiger partial charge in [0.1, 0.15) is 0 Å². The van der Waals surface area contributed by atoms with Crippen LogP contribution in [-0.2, 0) is 14.3 Å². The second-order valence-electron chi connectivity index (χ2n) is 4.14. The molecule has 1 unspecified atom stereocenters. The average Bonchev–Trinajstić information content (AvgIpc) is 2.30. The van der Waals surface area contributed by atoms with Crippen LogP contribution in [0.3, 0.4) is 0 Å². The minimum Gasteiger partial charge on any atom is -0.396 e. The number of aliphatic hydroxyl groups excluding tert-OH is 1. The molecule has 1 amide bonds. The number of aliphatic hydroxyl groups is 1. The number of rotatable bonds is 5. The molecule has 0 aromatic rings. The summed E-state index contributed by atoms with van der Waals surface area (Å²) in [6.45, 7) is 5.94. The number of hydrogen-bond acceptors (Lipinski definition) is 4. The molecule has 0 aromatic carbocycles. The Kier molecular flexibility index (Phi) is 5.73. The molecule has 1 saturated heterocycles. The molecular formula is C11H21NO4. The molecule has 1 heterocycles. The summed E-state index contributed by atoms with van der Waals surface area (Å²) in [5.74, 6) is -0.0387. The maximum absolute atomic E-state index is 12.1. The predicted molar refractivity (Wildman–Crippen MR) is 59.1 cm³/mol. The Hall–Kier alpha value is -0.650. The summed E-state index contributed by atoms with van der Waals surface area (Å²) < 4.78 is 10.6. The fourth-order valence-electron chi connectivity index (χ4n) is 1.68. The number of amides is 1. The fourth-order valence-corrected chi connectivity index (χ4v) is 1.68. The summed E-state index contributed by atoms with van der Waals surface area (Å²) in [6, 6.07) is 0.115. The van der Waals surface area contributed by atoms with Gasteiger partial charge in [-0.05, 0) is 20.3 Å². The van der Waals surface area contributed by atoms with Crippen molar-refractivity contribution in [2.24, 2.45) is 0 Å². The largest absolute Gasteiger partial charge is 0.396 e. The summed E-state index contributed by atoms with van der Waals surface area (Å²) in [4.78, 5) is 13.8. The molecule has 5 nitrogen and oxygen atoms in total. The van der Waals surface area contributed by atoms with Crippen LogP contribution in [-0.4, -0.2) is 61.0 Å². The van der Waals surface area contributed by atoms with Gasteiger partial charge in [0.15, 0.2) is 6.10 Å². The number of ether oxygens (including phenoxy) is 2. The van der Waals surface area contributed by atoms with Gasteiger partial charge in [-0.1, -0.05) is 0 Å². The third-order valence-electron chi connectivity index (χ3n) is 2.55. The fraction of sp³-hybridized carbons (Fsp3) is 0.909. The van der Waals surface area contributed by atoms with Gasteiger partial charge in [-0.15, -0.1) is 0 Å². The highest BCUT2D eigenvalue weighted by molar-refractivity contribution is 5.81. The lowest BCUT2D eigenvalue weighted by molar-refractivity contribution is -0.159. The van der Waals surface area contributed by atoms with Gasteiger partial charge in [-0.25, -0.2) is 0 Å². The van der Waals surface area contributed by atoms with E-state index >= 15 is 0 Å². The molecule has 1 fully saturated rings. The molecule has 1 rings (SSSR count). The van der Waals surface area contributed by atoms with Crippen LogP contribution in [0.15, 0.2) is 0 Å². The van der Waals surface area contributed by atoms with E-state index in [1.54, 1.807) is 4.90 Å². The first-order valence-corrected chi connectivity index (χ1v) is 5.77. The standard InChI is InChI=1S/C11H21NO4/c1-9(2)12(4-3-5-13)11(14)10-8-15-6-7-16-10/h9-10,13H,3-8H2,1-2H3. The van der Waals surface area contributed by atoms with Crippen molar-refractivity contribution in [3.63, 3.8) is 0 Å². The SMILES string of the molecule is CC(C)N(CCCO)C(=O)C1COCCO1. The first-order chi connectivity index (χ1) is 7.66. The summed E-state index contributed by atoms with van der Waals surface area (Å²) in [5, 5.41) is 8.80. The van der Waals surface area contributed by atoms with Gasteiger partial charge in [0.2, 0.25) is 0 Å². The average molecular weight is 231 g/mol. The lowest BCUT2D eigenvalue weighted by Crippen LogP contribution is -2.48. The van der Waals surface area contributed by atoms with Crippen molar-refractivity contribution in [1.29, 1.82) is 0 Å². The zero-order valence-electron chi connectivity index (χ0n) is 10.0. The van der Waals surface area contributed by atoms with Crippen molar-refractivity contribution in [3.05, 3.63) is 0 Å². The van der Waals surface area contributed by atoms with Crippen molar-refractivity contribution < 1.29 is 19.4 Å². The van der Waals surface area contributed by atoms with E-state index in [0.717, 1.165) is 0 Å². The van der Waals surface area contributed by atoms with Crippen LogP contribution in [0.1, 0.15) is 20.3 Å². The van der Waals surface area contributed by atoms with Gasteiger partial charge in [-0.2, -0.15) is 0 Å². The molecule has 1 aliphatic heterocycles. The summed E-state index contributed by atoms with van der Waals surface area (Å²) >= 11 is 0. The molecular weight excluding hydrogens is 210 g/mol. The van der Waals surface area contributed by atoms with E-state index in [1.807, 2.05) is 13.8 Å². The minimum atomic E-state index is -0.477. The highest BCUT2D eigenvalue weighted by Gasteiger charge is 2.28. The van der Waals surface area contributed by atoms with Crippen LogP contribution in [0.4, 0.5) is 0 Å². The Morgan fingerprint density at radius 2 is 2.25 bits per heavy atom. The molecule has 0 radical (unpaired) electrons. The third kappa shape index (κ3) is 3.73. The quantitative estimate of drug-likeness (QED) is 0.724. The van der Waals surface area contributed by atoms with Gasteiger partial charge in [-0.3, -0.25) is 4.79 Å². The molecule has 1 atom stereocenters. The first-order valence-electron chi connectivity index (χ1n) is 5.77. The Balaban J connectivity index is 2.51. The Labute approximate surface area is 96.3 Å². The van der Waals surface area contributed by atoms with Gasteiger partial charge in [0.05, 0.1) is 19.8 Å². The van der Waals surface area contributed by atoms with Crippen LogP contribution >= 0.6 is 0 Å². The molecule has 1 aliphatic rings. The van der Waals surface area contributed by atoms with Crippen molar-refractivity contribution in [2.45, 2.75) is 32.4 Å². The van der Waals surface area contributed by atoms with Crippen molar-refractivity contribution in [3.8, 4) is 0 Å². The van der Waals surface area contributed by atoms with Crippen LogP contribution in [0, 0.1) is 0 Å².